The molecular weight excluding hydrogens is 252 g/mol. The van der Waals surface area contributed by atoms with E-state index < -0.39 is 0 Å². The summed E-state index contributed by atoms with van der Waals surface area (Å²) < 4.78 is 4.51. The van der Waals surface area contributed by atoms with Crippen LogP contribution < -0.4 is 5.32 Å². The molecule has 0 bridgehead atoms. The molecule has 1 unspecified atom stereocenters. The number of nitrogens with one attached hydrogen (secondary N) is 1. The van der Waals surface area contributed by atoms with E-state index in [-0.39, 0.29) is 0 Å². The monoisotopic (exact) mass is 268 g/mol. The summed E-state index contributed by atoms with van der Waals surface area (Å²) in [5.74, 6) is 0. The zero-order valence-corrected chi connectivity index (χ0v) is 11.7. The molecule has 1 N–H and O–H groups in total. The van der Waals surface area contributed by atoms with Crippen LogP contribution in [0.4, 0.5) is 0 Å². The predicted molar refractivity (Wildman–Crippen MR) is 81.6 cm³/mol. The Bertz CT molecular complexity index is 661. The van der Waals surface area contributed by atoms with Crippen LogP contribution in [0, 0.1) is 0 Å². The van der Waals surface area contributed by atoms with Gasteiger partial charge in [-0.2, -0.15) is 4.37 Å². The van der Waals surface area contributed by atoms with Crippen molar-refractivity contribution in [2.24, 2.45) is 0 Å². The summed E-state index contributed by atoms with van der Waals surface area (Å²) in [5, 5.41) is 4.68. The van der Waals surface area contributed by atoms with Gasteiger partial charge in [0.2, 0.25) is 0 Å². The molecule has 1 atom stereocenters. The van der Waals surface area contributed by atoms with Crippen molar-refractivity contribution in [1.29, 1.82) is 0 Å². The zero-order valence-electron chi connectivity index (χ0n) is 10.8. The topological polar surface area (TPSA) is 24.9 Å². The molecule has 1 aromatic heterocycles. The maximum atomic E-state index is 4.51. The number of fused-ring (bicyclic) bond motifs is 1. The van der Waals surface area contributed by atoms with Gasteiger partial charge in [0, 0.05) is 22.7 Å². The molecule has 19 heavy (non-hydrogen) atoms. The Morgan fingerprint density at radius 1 is 1.05 bits per heavy atom. The van der Waals surface area contributed by atoms with E-state index in [0.29, 0.717) is 6.04 Å². The van der Waals surface area contributed by atoms with Gasteiger partial charge in [0.1, 0.15) is 0 Å². The first-order valence-corrected chi connectivity index (χ1v) is 7.21. The fraction of sp³-hybridized carbons (Fsp3) is 0.188. The minimum Gasteiger partial charge on any atom is -0.313 e. The Balaban J connectivity index is 1.91. The van der Waals surface area contributed by atoms with Crippen molar-refractivity contribution in [1.82, 2.24) is 9.69 Å². The molecule has 3 aromatic rings. The molecule has 3 heteroatoms. The van der Waals surface area contributed by atoms with E-state index in [4.69, 9.17) is 0 Å². The maximum absolute atomic E-state index is 4.51. The lowest BCUT2D eigenvalue weighted by Crippen LogP contribution is -2.18. The van der Waals surface area contributed by atoms with Gasteiger partial charge in [0.05, 0.1) is 5.52 Å². The van der Waals surface area contributed by atoms with E-state index >= 15 is 0 Å². The first-order valence-electron chi connectivity index (χ1n) is 6.44. The third-order valence-corrected chi connectivity index (χ3v) is 4.29. The van der Waals surface area contributed by atoms with Gasteiger partial charge in [-0.1, -0.05) is 48.5 Å². The van der Waals surface area contributed by atoms with E-state index in [2.05, 4.69) is 58.2 Å². The maximum Gasteiger partial charge on any atom is 0.0843 e. The van der Waals surface area contributed by atoms with Gasteiger partial charge in [-0.05, 0) is 30.2 Å². The molecule has 0 amide bonds. The largest absolute Gasteiger partial charge is 0.313 e. The number of aromatic nitrogens is 1. The Kier molecular flexibility index (Phi) is 3.58. The average Bonchev–Trinajstić information content (AvgIpc) is 2.89. The molecule has 0 saturated carbocycles. The smallest absolute Gasteiger partial charge is 0.0843 e. The molecule has 0 spiro atoms. The van der Waals surface area contributed by atoms with Gasteiger partial charge in [0.15, 0.2) is 0 Å². The van der Waals surface area contributed by atoms with Gasteiger partial charge < -0.3 is 5.32 Å². The van der Waals surface area contributed by atoms with Crippen LogP contribution in [-0.2, 0) is 6.42 Å². The minimum absolute atomic E-state index is 0.338. The van der Waals surface area contributed by atoms with Crippen LogP contribution in [0.2, 0.25) is 0 Å². The van der Waals surface area contributed by atoms with Crippen LogP contribution in [0.3, 0.4) is 0 Å². The number of hydrogen-bond donors (Lipinski definition) is 1. The van der Waals surface area contributed by atoms with Crippen molar-refractivity contribution >= 4 is 22.4 Å². The SMILES string of the molecule is CNC(Cc1snc2ccccc12)c1ccccc1. The Morgan fingerprint density at radius 3 is 2.58 bits per heavy atom. The summed E-state index contributed by atoms with van der Waals surface area (Å²) in [5.41, 5.74) is 2.42. The van der Waals surface area contributed by atoms with Gasteiger partial charge >= 0.3 is 0 Å². The van der Waals surface area contributed by atoms with Gasteiger partial charge in [-0.15, -0.1) is 0 Å². The lowest BCUT2D eigenvalue weighted by atomic mass is 10.0. The Morgan fingerprint density at radius 2 is 1.79 bits per heavy atom. The first kappa shape index (κ1) is 12.3. The molecule has 3 rings (SSSR count). The Labute approximate surface area is 117 Å². The molecular formula is C16H16N2S. The number of hydrogen-bond acceptors (Lipinski definition) is 3. The van der Waals surface area contributed by atoms with Crippen LogP contribution in [-0.4, -0.2) is 11.4 Å². The van der Waals surface area contributed by atoms with Crippen LogP contribution in [0.15, 0.2) is 54.6 Å². The second kappa shape index (κ2) is 5.51. The van der Waals surface area contributed by atoms with Gasteiger partial charge in [0.25, 0.3) is 0 Å². The second-order valence-electron chi connectivity index (χ2n) is 4.58. The Hall–Kier alpha value is -1.71. The predicted octanol–water partition coefficient (Wildman–Crippen LogP) is 3.80. The zero-order chi connectivity index (χ0) is 13.1. The fourth-order valence-electron chi connectivity index (χ4n) is 2.35. The minimum atomic E-state index is 0.338. The third kappa shape index (κ3) is 2.53. The highest BCUT2D eigenvalue weighted by molar-refractivity contribution is 7.07. The van der Waals surface area contributed by atoms with Crippen molar-refractivity contribution < 1.29 is 0 Å². The fourth-order valence-corrected chi connectivity index (χ4v) is 3.23. The molecule has 0 aliphatic heterocycles. The normalized spacial score (nSPS) is 12.7. The number of benzene rings is 2. The highest BCUT2D eigenvalue weighted by Gasteiger charge is 2.13. The van der Waals surface area contributed by atoms with Crippen LogP contribution in [0.25, 0.3) is 10.9 Å². The lowest BCUT2D eigenvalue weighted by molar-refractivity contribution is 0.598. The quantitative estimate of drug-likeness (QED) is 0.778. The summed E-state index contributed by atoms with van der Waals surface area (Å²) >= 11 is 1.61. The van der Waals surface area contributed by atoms with Gasteiger partial charge in [-0.3, -0.25) is 0 Å². The van der Waals surface area contributed by atoms with E-state index in [1.54, 1.807) is 11.5 Å². The van der Waals surface area contributed by atoms with Crippen LogP contribution in [0.1, 0.15) is 16.5 Å². The molecule has 0 fully saturated rings. The number of likely N-dealkylation sites (N-methyl/N-ethyl adjacent to an activating group) is 1. The second-order valence-corrected chi connectivity index (χ2v) is 5.44. The van der Waals surface area contributed by atoms with Crippen molar-refractivity contribution in [3.05, 3.63) is 65.0 Å². The number of nitrogens with zero attached hydrogens (tertiary/aromatic N) is 1. The molecule has 0 aliphatic carbocycles. The van der Waals surface area contributed by atoms with Gasteiger partial charge in [-0.25, -0.2) is 0 Å². The molecule has 2 nitrogen and oxygen atoms in total. The van der Waals surface area contributed by atoms with E-state index in [0.717, 1.165) is 11.9 Å². The molecule has 0 radical (unpaired) electrons. The van der Waals surface area contributed by atoms with Crippen molar-refractivity contribution in [3.63, 3.8) is 0 Å². The highest BCUT2D eigenvalue weighted by Crippen LogP contribution is 2.27. The summed E-state index contributed by atoms with van der Waals surface area (Å²) in [4.78, 5) is 1.35. The van der Waals surface area contributed by atoms with E-state index in [9.17, 15) is 0 Å². The van der Waals surface area contributed by atoms with Crippen LogP contribution in [0.5, 0.6) is 0 Å². The van der Waals surface area contributed by atoms with E-state index in [1.165, 1.54) is 15.8 Å². The number of rotatable bonds is 4. The summed E-state index contributed by atoms with van der Waals surface area (Å²) in [6.45, 7) is 0. The third-order valence-electron chi connectivity index (χ3n) is 3.40. The lowest BCUT2D eigenvalue weighted by Gasteiger charge is -2.15. The highest BCUT2D eigenvalue weighted by atomic mass is 32.1. The molecule has 0 aliphatic rings. The van der Waals surface area contributed by atoms with Crippen molar-refractivity contribution in [3.8, 4) is 0 Å². The standard InChI is InChI=1S/C16H16N2S/c1-17-15(12-7-3-2-4-8-12)11-16-13-9-5-6-10-14(13)18-19-16/h2-10,15,17H,11H2,1H3. The molecule has 96 valence electrons. The van der Waals surface area contributed by atoms with E-state index in [1.807, 2.05) is 13.1 Å². The summed E-state index contributed by atoms with van der Waals surface area (Å²) in [7, 11) is 2.01. The summed E-state index contributed by atoms with van der Waals surface area (Å²) in [6.07, 6.45) is 0.978. The van der Waals surface area contributed by atoms with Crippen molar-refractivity contribution in [2.45, 2.75) is 12.5 Å². The van der Waals surface area contributed by atoms with Crippen molar-refractivity contribution in [2.75, 3.05) is 7.05 Å². The molecule has 0 saturated heterocycles. The molecule has 2 aromatic carbocycles. The first-order chi connectivity index (χ1) is 9.38. The van der Waals surface area contributed by atoms with Crippen LogP contribution >= 0.6 is 11.5 Å². The average molecular weight is 268 g/mol. The molecule has 1 heterocycles. The summed E-state index contributed by atoms with van der Waals surface area (Å²) in [6, 6.07) is 19.3.